The molecule has 1 aliphatic heterocycles. The van der Waals surface area contributed by atoms with Gasteiger partial charge < -0.3 is 10.6 Å². The molecule has 0 aliphatic carbocycles. The summed E-state index contributed by atoms with van der Waals surface area (Å²) in [7, 11) is 1.80. The third-order valence-electron chi connectivity index (χ3n) is 3.63. The molecule has 1 saturated heterocycles. The van der Waals surface area contributed by atoms with E-state index >= 15 is 0 Å². The van der Waals surface area contributed by atoms with Gasteiger partial charge in [0.25, 0.3) is 0 Å². The molecule has 19 heavy (non-hydrogen) atoms. The van der Waals surface area contributed by atoms with Crippen molar-refractivity contribution in [2.24, 2.45) is 5.73 Å². The average Bonchev–Trinajstić information content (AvgIpc) is 2.56. The van der Waals surface area contributed by atoms with Gasteiger partial charge in [-0.2, -0.15) is 0 Å². The molecule has 5 heteroatoms. The van der Waals surface area contributed by atoms with Crippen molar-refractivity contribution in [1.29, 1.82) is 0 Å². The van der Waals surface area contributed by atoms with Gasteiger partial charge in [-0.15, -0.1) is 0 Å². The van der Waals surface area contributed by atoms with Gasteiger partial charge in [-0.05, 0) is 12.5 Å². The maximum absolute atomic E-state index is 13.9. The second-order valence-electron chi connectivity index (χ2n) is 4.91. The number of nitrogens with two attached hydrogens (primary N) is 1. The quantitative estimate of drug-likeness (QED) is 0.886. The zero-order valence-electron chi connectivity index (χ0n) is 11.2. The van der Waals surface area contributed by atoms with Crippen molar-refractivity contribution in [3.05, 3.63) is 35.6 Å². The molecule has 1 aromatic carbocycles. The Balaban J connectivity index is 2.22. The summed E-state index contributed by atoms with van der Waals surface area (Å²) < 4.78 is 13.9. The van der Waals surface area contributed by atoms with E-state index in [4.69, 9.17) is 5.73 Å². The Morgan fingerprint density at radius 1 is 1.37 bits per heavy atom. The second kappa shape index (κ2) is 6.12. The van der Waals surface area contributed by atoms with Crippen LogP contribution in [0.4, 0.5) is 4.39 Å². The monoisotopic (exact) mass is 265 g/mol. The van der Waals surface area contributed by atoms with E-state index in [9.17, 15) is 9.18 Å². The fourth-order valence-corrected chi connectivity index (χ4v) is 2.49. The molecule has 2 N–H and O–H groups in total. The Morgan fingerprint density at radius 2 is 2.11 bits per heavy atom. The Hall–Kier alpha value is -1.46. The summed E-state index contributed by atoms with van der Waals surface area (Å²) in [6.45, 7) is 2.10. The summed E-state index contributed by atoms with van der Waals surface area (Å²) in [4.78, 5) is 15.6. The summed E-state index contributed by atoms with van der Waals surface area (Å²) in [6, 6.07) is 6.40. The van der Waals surface area contributed by atoms with Gasteiger partial charge in [-0.3, -0.25) is 9.69 Å². The Bertz CT molecular complexity index is 452. The Labute approximate surface area is 113 Å². The van der Waals surface area contributed by atoms with E-state index in [1.54, 1.807) is 30.1 Å². The topological polar surface area (TPSA) is 49.6 Å². The van der Waals surface area contributed by atoms with Gasteiger partial charge in [-0.25, -0.2) is 4.39 Å². The molecule has 2 rings (SSSR count). The summed E-state index contributed by atoms with van der Waals surface area (Å²) >= 11 is 0. The number of hydrogen-bond acceptors (Lipinski definition) is 3. The van der Waals surface area contributed by atoms with Crippen molar-refractivity contribution in [1.82, 2.24) is 9.80 Å². The van der Waals surface area contributed by atoms with Gasteiger partial charge in [0.05, 0.1) is 12.6 Å². The average molecular weight is 265 g/mol. The van der Waals surface area contributed by atoms with E-state index in [0.717, 1.165) is 19.5 Å². The maximum atomic E-state index is 13.9. The summed E-state index contributed by atoms with van der Waals surface area (Å²) in [5, 5.41) is 0. The van der Waals surface area contributed by atoms with E-state index in [2.05, 4.69) is 0 Å². The fraction of sp³-hybridized carbons (Fsp3) is 0.500. The van der Waals surface area contributed by atoms with E-state index in [1.807, 2.05) is 4.90 Å². The third kappa shape index (κ3) is 3.11. The first-order valence-electron chi connectivity index (χ1n) is 6.56. The number of halogens is 1. The van der Waals surface area contributed by atoms with E-state index in [-0.39, 0.29) is 17.8 Å². The SMILES string of the molecule is CN1CCCN(C(CN)c2ccccc2F)CC1=O. The first-order chi connectivity index (χ1) is 9.13. The molecule has 1 atom stereocenters. The minimum atomic E-state index is -0.261. The van der Waals surface area contributed by atoms with Crippen LogP contribution in [0.1, 0.15) is 18.0 Å². The molecule has 0 spiro atoms. The molecule has 104 valence electrons. The maximum Gasteiger partial charge on any atom is 0.236 e. The van der Waals surface area contributed by atoms with Gasteiger partial charge in [0, 0.05) is 32.2 Å². The highest BCUT2D eigenvalue weighted by Crippen LogP contribution is 2.23. The van der Waals surface area contributed by atoms with Crippen molar-refractivity contribution in [2.75, 3.05) is 33.2 Å². The molecule has 4 nitrogen and oxygen atoms in total. The molecular weight excluding hydrogens is 245 g/mol. The third-order valence-corrected chi connectivity index (χ3v) is 3.63. The summed E-state index contributed by atoms with van der Waals surface area (Å²) in [5.41, 5.74) is 6.37. The molecule has 0 aromatic heterocycles. The number of hydrogen-bond donors (Lipinski definition) is 1. The number of benzene rings is 1. The van der Waals surface area contributed by atoms with Crippen LogP contribution in [-0.4, -0.2) is 48.9 Å². The molecule has 1 amide bonds. The van der Waals surface area contributed by atoms with Crippen LogP contribution in [0.3, 0.4) is 0 Å². The standard InChI is InChI=1S/C14H20FN3O/c1-17-7-4-8-18(10-14(17)19)13(9-16)11-5-2-3-6-12(11)15/h2-3,5-6,13H,4,7-10,16H2,1H3. The lowest BCUT2D eigenvalue weighted by atomic mass is 10.0. The van der Waals surface area contributed by atoms with Gasteiger partial charge >= 0.3 is 0 Å². The lowest BCUT2D eigenvalue weighted by molar-refractivity contribution is -0.130. The van der Waals surface area contributed by atoms with Crippen LogP contribution in [-0.2, 0) is 4.79 Å². The van der Waals surface area contributed by atoms with Crippen LogP contribution in [0.5, 0.6) is 0 Å². The lowest BCUT2D eigenvalue weighted by Gasteiger charge is -2.29. The zero-order valence-corrected chi connectivity index (χ0v) is 11.2. The van der Waals surface area contributed by atoms with Crippen molar-refractivity contribution < 1.29 is 9.18 Å². The first-order valence-corrected chi connectivity index (χ1v) is 6.56. The smallest absolute Gasteiger partial charge is 0.236 e. The van der Waals surface area contributed by atoms with Crippen LogP contribution in [0.15, 0.2) is 24.3 Å². The number of likely N-dealkylation sites (N-methyl/N-ethyl adjacent to an activating group) is 1. The van der Waals surface area contributed by atoms with E-state index in [0.29, 0.717) is 18.7 Å². The normalized spacial score (nSPS) is 19.3. The Kier molecular flexibility index (Phi) is 4.50. The van der Waals surface area contributed by atoms with E-state index in [1.165, 1.54) is 6.07 Å². The molecule has 1 aliphatic rings. The summed E-state index contributed by atoms with van der Waals surface area (Å²) in [5.74, 6) is -0.199. The highest BCUT2D eigenvalue weighted by molar-refractivity contribution is 5.78. The fourth-order valence-electron chi connectivity index (χ4n) is 2.49. The van der Waals surface area contributed by atoms with Crippen LogP contribution in [0, 0.1) is 5.82 Å². The van der Waals surface area contributed by atoms with Crippen molar-refractivity contribution in [3.63, 3.8) is 0 Å². The molecule has 0 radical (unpaired) electrons. The first kappa shape index (κ1) is 14.0. The number of nitrogens with zero attached hydrogens (tertiary/aromatic N) is 2. The minimum absolute atomic E-state index is 0.0623. The number of carbonyl (C=O) groups excluding carboxylic acids is 1. The highest BCUT2D eigenvalue weighted by Gasteiger charge is 2.26. The van der Waals surface area contributed by atoms with Gasteiger partial charge in [-0.1, -0.05) is 18.2 Å². The predicted molar refractivity (Wildman–Crippen MR) is 72.0 cm³/mol. The largest absolute Gasteiger partial charge is 0.345 e. The van der Waals surface area contributed by atoms with Crippen molar-refractivity contribution in [2.45, 2.75) is 12.5 Å². The second-order valence-corrected chi connectivity index (χ2v) is 4.91. The lowest BCUT2D eigenvalue weighted by Crippen LogP contribution is -2.39. The molecule has 1 aromatic rings. The van der Waals surface area contributed by atoms with Gasteiger partial charge in [0.2, 0.25) is 5.91 Å². The molecule has 1 unspecified atom stereocenters. The highest BCUT2D eigenvalue weighted by atomic mass is 19.1. The molecule has 1 fully saturated rings. The number of amides is 1. The predicted octanol–water partition coefficient (Wildman–Crippen LogP) is 0.990. The van der Waals surface area contributed by atoms with Crippen LogP contribution < -0.4 is 5.73 Å². The minimum Gasteiger partial charge on any atom is -0.345 e. The van der Waals surface area contributed by atoms with Crippen LogP contribution in [0.25, 0.3) is 0 Å². The van der Waals surface area contributed by atoms with Crippen LogP contribution >= 0.6 is 0 Å². The Morgan fingerprint density at radius 3 is 2.79 bits per heavy atom. The number of rotatable bonds is 3. The van der Waals surface area contributed by atoms with Gasteiger partial charge in [0.15, 0.2) is 0 Å². The molecule has 0 bridgehead atoms. The molecule has 1 heterocycles. The van der Waals surface area contributed by atoms with Crippen LogP contribution in [0.2, 0.25) is 0 Å². The number of carbonyl (C=O) groups is 1. The molecular formula is C14H20FN3O. The zero-order chi connectivity index (χ0) is 13.8. The molecule has 0 saturated carbocycles. The summed E-state index contributed by atoms with van der Waals surface area (Å²) in [6.07, 6.45) is 0.882. The van der Waals surface area contributed by atoms with Crippen molar-refractivity contribution >= 4 is 5.91 Å². The van der Waals surface area contributed by atoms with Crippen molar-refractivity contribution in [3.8, 4) is 0 Å². The van der Waals surface area contributed by atoms with Gasteiger partial charge in [0.1, 0.15) is 5.82 Å². The van der Waals surface area contributed by atoms with E-state index < -0.39 is 0 Å².